The van der Waals surface area contributed by atoms with Gasteiger partial charge in [0, 0.05) is 5.69 Å². The van der Waals surface area contributed by atoms with Gasteiger partial charge in [-0.25, -0.2) is 4.79 Å². The number of hydrogen-bond donors (Lipinski definition) is 1. The van der Waals surface area contributed by atoms with Gasteiger partial charge in [0.15, 0.2) is 0 Å². The third kappa shape index (κ3) is 2.01. The van der Waals surface area contributed by atoms with E-state index in [9.17, 15) is 9.59 Å². The van der Waals surface area contributed by atoms with Crippen molar-refractivity contribution < 1.29 is 9.53 Å². The number of hydrogen-bond acceptors (Lipinski definition) is 3. The Morgan fingerprint density at radius 1 is 1.31 bits per heavy atom. The molecule has 1 aliphatic carbocycles. The lowest BCUT2D eigenvalue weighted by Gasteiger charge is -2.06. The molecule has 0 fully saturated rings. The fourth-order valence-corrected chi connectivity index (χ4v) is 2.11. The van der Waals surface area contributed by atoms with E-state index in [-0.39, 0.29) is 11.1 Å². The Morgan fingerprint density at radius 3 is 2.81 bits per heavy atom. The smallest absolute Gasteiger partial charge is 0.343 e. The van der Waals surface area contributed by atoms with Crippen LogP contribution in [0.4, 0.5) is 0 Å². The van der Waals surface area contributed by atoms with Crippen LogP contribution >= 0.6 is 0 Å². The molecule has 4 nitrogen and oxygen atoms in total. The molecule has 1 aromatic heterocycles. The number of rotatable bonds is 1. The first-order valence-corrected chi connectivity index (χ1v) is 5.56. The van der Waals surface area contributed by atoms with Gasteiger partial charge >= 0.3 is 5.97 Å². The topological polar surface area (TPSA) is 59.2 Å². The predicted molar refractivity (Wildman–Crippen MR) is 59.7 cm³/mol. The van der Waals surface area contributed by atoms with E-state index in [0.29, 0.717) is 0 Å². The molecular formula is C12H15NO3. The number of aromatic nitrogens is 1. The van der Waals surface area contributed by atoms with Crippen LogP contribution < -0.4 is 5.56 Å². The second kappa shape index (κ2) is 4.51. The van der Waals surface area contributed by atoms with Gasteiger partial charge in [-0.15, -0.1) is 0 Å². The molecule has 4 heteroatoms. The molecule has 16 heavy (non-hydrogen) atoms. The summed E-state index contributed by atoms with van der Waals surface area (Å²) in [6.45, 7) is 0. The van der Waals surface area contributed by atoms with Crippen LogP contribution in [0.25, 0.3) is 0 Å². The van der Waals surface area contributed by atoms with Gasteiger partial charge in [-0.3, -0.25) is 4.79 Å². The average Bonchev–Trinajstić information content (AvgIpc) is 2.51. The van der Waals surface area contributed by atoms with Crippen LogP contribution in [0.15, 0.2) is 10.9 Å². The van der Waals surface area contributed by atoms with Gasteiger partial charge in [0.1, 0.15) is 5.56 Å². The predicted octanol–water partition coefficient (Wildman–Crippen LogP) is 1.43. The van der Waals surface area contributed by atoms with Crippen molar-refractivity contribution in [3.05, 3.63) is 33.2 Å². The van der Waals surface area contributed by atoms with Crippen LogP contribution in [-0.2, 0) is 17.6 Å². The lowest BCUT2D eigenvalue weighted by molar-refractivity contribution is 0.0598. The van der Waals surface area contributed by atoms with Gasteiger partial charge in [-0.05, 0) is 37.3 Å². The number of fused-ring (bicyclic) bond motifs is 1. The molecule has 2 rings (SSSR count). The quantitative estimate of drug-likeness (QED) is 0.576. The van der Waals surface area contributed by atoms with E-state index in [2.05, 4.69) is 9.72 Å². The third-order valence-electron chi connectivity index (χ3n) is 2.99. The molecule has 0 amide bonds. The summed E-state index contributed by atoms with van der Waals surface area (Å²) in [4.78, 5) is 25.8. The number of H-pyrrole nitrogens is 1. The van der Waals surface area contributed by atoms with Gasteiger partial charge < -0.3 is 9.72 Å². The van der Waals surface area contributed by atoms with Crippen molar-refractivity contribution in [3.8, 4) is 0 Å². The highest BCUT2D eigenvalue weighted by Crippen LogP contribution is 2.18. The van der Waals surface area contributed by atoms with Crippen LogP contribution in [0.5, 0.6) is 0 Å². The molecule has 0 bridgehead atoms. The Balaban J connectivity index is 2.47. The van der Waals surface area contributed by atoms with E-state index >= 15 is 0 Å². The Hall–Kier alpha value is -1.58. The number of carbonyl (C=O) groups is 1. The molecule has 1 aliphatic rings. The van der Waals surface area contributed by atoms with Crippen LogP contribution in [0.1, 0.15) is 40.9 Å². The van der Waals surface area contributed by atoms with Crippen molar-refractivity contribution in [3.63, 3.8) is 0 Å². The number of carbonyl (C=O) groups excluding carboxylic acids is 1. The van der Waals surface area contributed by atoms with E-state index in [1.807, 2.05) is 0 Å². The second-order valence-corrected chi connectivity index (χ2v) is 4.07. The minimum Gasteiger partial charge on any atom is -0.465 e. The zero-order chi connectivity index (χ0) is 11.5. The summed E-state index contributed by atoms with van der Waals surface area (Å²) in [7, 11) is 1.29. The molecule has 0 saturated heterocycles. The molecule has 1 N–H and O–H groups in total. The minimum absolute atomic E-state index is 0.114. The summed E-state index contributed by atoms with van der Waals surface area (Å²) in [6, 6.07) is 1.69. The van der Waals surface area contributed by atoms with E-state index in [4.69, 9.17) is 0 Å². The highest BCUT2D eigenvalue weighted by molar-refractivity contribution is 5.89. The zero-order valence-corrected chi connectivity index (χ0v) is 9.34. The number of aryl methyl sites for hydroxylation is 2. The Labute approximate surface area is 93.6 Å². The molecule has 1 heterocycles. The maximum atomic E-state index is 11.6. The van der Waals surface area contributed by atoms with E-state index in [1.165, 1.54) is 13.5 Å². The number of aromatic amines is 1. The van der Waals surface area contributed by atoms with Crippen molar-refractivity contribution >= 4 is 5.97 Å². The molecule has 0 spiro atoms. The van der Waals surface area contributed by atoms with Crippen LogP contribution in [0.2, 0.25) is 0 Å². The monoisotopic (exact) mass is 221 g/mol. The summed E-state index contributed by atoms with van der Waals surface area (Å²) in [5.41, 5.74) is 1.84. The summed E-state index contributed by atoms with van der Waals surface area (Å²) in [6.07, 6.45) is 5.20. The molecule has 0 unspecified atom stereocenters. The summed E-state index contributed by atoms with van der Waals surface area (Å²) in [5.74, 6) is -0.562. The van der Waals surface area contributed by atoms with Gasteiger partial charge in [0.05, 0.1) is 7.11 Å². The van der Waals surface area contributed by atoms with E-state index in [1.54, 1.807) is 6.07 Å². The van der Waals surface area contributed by atoms with Crippen molar-refractivity contribution in [2.24, 2.45) is 0 Å². The summed E-state index contributed by atoms with van der Waals surface area (Å²) >= 11 is 0. The average molecular weight is 221 g/mol. The molecular weight excluding hydrogens is 206 g/mol. The maximum absolute atomic E-state index is 11.6. The highest BCUT2D eigenvalue weighted by atomic mass is 16.5. The van der Waals surface area contributed by atoms with Gasteiger partial charge in [-0.1, -0.05) is 6.42 Å². The lowest BCUT2D eigenvalue weighted by atomic mass is 10.1. The minimum atomic E-state index is -0.562. The highest BCUT2D eigenvalue weighted by Gasteiger charge is 2.16. The van der Waals surface area contributed by atoms with E-state index in [0.717, 1.165) is 36.9 Å². The van der Waals surface area contributed by atoms with Gasteiger partial charge in [-0.2, -0.15) is 0 Å². The Morgan fingerprint density at radius 2 is 2.06 bits per heavy atom. The van der Waals surface area contributed by atoms with Crippen LogP contribution in [-0.4, -0.2) is 18.1 Å². The summed E-state index contributed by atoms with van der Waals surface area (Å²) in [5, 5.41) is 0. The Kier molecular flexibility index (Phi) is 3.08. The van der Waals surface area contributed by atoms with Crippen molar-refractivity contribution in [1.82, 2.24) is 4.98 Å². The fourth-order valence-electron chi connectivity index (χ4n) is 2.11. The zero-order valence-electron chi connectivity index (χ0n) is 9.34. The number of pyridine rings is 1. The lowest BCUT2D eigenvalue weighted by Crippen LogP contribution is -2.21. The molecule has 0 radical (unpaired) electrons. The molecule has 0 atom stereocenters. The van der Waals surface area contributed by atoms with Gasteiger partial charge in [0.25, 0.3) is 5.56 Å². The van der Waals surface area contributed by atoms with Crippen LogP contribution in [0.3, 0.4) is 0 Å². The first-order valence-electron chi connectivity index (χ1n) is 5.56. The Bertz CT molecular complexity index is 462. The summed E-state index contributed by atoms with van der Waals surface area (Å²) < 4.78 is 4.58. The molecule has 0 aliphatic heterocycles. The van der Waals surface area contributed by atoms with Crippen molar-refractivity contribution in [1.29, 1.82) is 0 Å². The molecule has 86 valence electrons. The molecule has 0 aromatic carbocycles. The van der Waals surface area contributed by atoms with Gasteiger partial charge in [0.2, 0.25) is 0 Å². The number of esters is 1. The second-order valence-electron chi connectivity index (χ2n) is 4.07. The van der Waals surface area contributed by atoms with E-state index < -0.39 is 5.97 Å². The first kappa shape index (κ1) is 10.9. The first-order chi connectivity index (χ1) is 7.72. The normalized spacial score (nSPS) is 15.1. The molecule has 0 saturated carbocycles. The van der Waals surface area contributed by atoms with Crippen molar-refractivity contribution in [2.75, 3.05) is 7.11 Å². The van der Waals surface area contributed by atoms with Crippen molar-refractivity contribution in [2.45, 2.75) is 32.1 Å². The standard InChI is InChI=1S/C12H15NO3/c1-16-12(15)9-7-8-5-3-2-4-6-10(8)13-11(9)14/h7H,2-6H2,1H3,(H,13,14). The number of nitrogens with one attached hydrogen (secondary N) is 1. The van der Waals surface area contributed by atoms with Crippen LogP contribution in [0, 0.1) is 0 Å². The molecule has 1 aromatic rings. The SMILES string of the molecule is COC(=O)c1cc2c([nH]c1=O)CCCCC2. The third-order valence-corrected chi connectivity index (χ3v) is 2.99. The largest absolute Gasteiger partial charge is 0.465 e. The maximum Gasteiger partial charge on any atom is 0.343 e. The fraction of sp³-hybridized carbons (Fsp3) is 0.500. The number of ether oxygens (including phenoxy) is 1. The number of methoxy groups -OCH3 is 1.